The molecule has 0 unspecified atom stereocenters. The van der Waals surface area contributed by atoms with Crippen LogP contribution in [0.3, 0.4) is 0 Å². The maximum absolute atomic E-state index is 3.47. The molecule has 2 rings (SSSR count). The monoisotopic (exact) mass is 248 g/mol. The Morgan fingerprint density at radius 1 is 1.18 bits per heavy atom. The zero-order chi connectivity index (χ0) is 12.1. The molecular formula is C14H20N2S. The molecule has 3 heteroatoms. The Bertz CT molecular complexity index is 429. The molecule has 0 saturated carbocycles. The van der Waals surface area contributed by atoms with Crippen LogP contribution in [0.4, 0.5) is 0 Å². The molecule has 17 heavy (non-hydrogen) atoms. The lowest BCUT2D eigenvalue weighted by molar-refractivity contribution is 0.557. The highest BCUT2D eigenvalue weighted by Gasteiger charge is 2.00. The highest BCUT2D eigenvalue weighted by atomic mass is 32.1. The van der Waals surface area contributed by atoms with E-state index in [4.69, 9.17) is 0 Å². The predicted octanol–water partition coefficient (Wildman–Crippen LogP) is 2.99. The average molecular weight is 248 g/mol. The number of rotatable bonds is 6. The lowest BCUT2D eigenvalue weighted by atomic mass is 10.2. The van der Waals surface area contributed by atoms with Gasteiger partial charge in [-0.1, -0.05) is 32.0 Å². The first-order chi connectivity index (χ1) is 8.25. The molecule has 1 aromatic heterocycles. The molecule has 92 valence electrons. The van der Waals surface area contributed by atoms with Crippen molar-refractivity contribution in [1.82, 2.24) is 10.6 Å². The molecule has 1 heterocycles. The van der Waals surface area contributed by atoms with Gasteiger partial charge in [-0.3, -0.25) is 0 Å². The van der Waals surface area contributed by atoms with Gasteiger partial charge in [-0.15, -0.1) is 11.3 Å². The second-order valence-corrected chi connectivity index (χ2v) is 5.70. The minimum Gasteiger partial charge on any atom is -0.313 e. The molecule has 0 fully saturated rings. The van der Waals surface area contributed by atoms with Crippen LogP contribution in [-0.2, 0) is 6.54 Å². The Morgan fingerprint density at radius 2 is 2.00 bits per heavy atom. The number of hydrogen-bond acceptors (Lipinski definition) is 3. The summed E-state index contributed by atoms with van der Waals surface area (Å²) in [4.78, 5) is 1.41. The summed E-state index contributed by atoms with van der Waals surface area (Å²) < 4.78 is 1.38. The Balaban J connectivity index is 1.79. The van der Waals surface area contributed by atoms with Crippen molar-refractivity contribution in [3.8, 4) is 0 Å². The van der Waals surface area contributed by atoms with Crippen LogP contribution in [0, 0.1) is 0 Å². The van der Waals surface area contributed by atoms with Gasteiger partial charge in [0.25, 0.3) is 0 Å². The summed E-state index contributed by atoms with van der Waals surface area (Å²) in [5.41, 5.74) is 0. The van der Waals surface area contributed by atoms with Gasteiger partial charge >= 0.3 is 0 Å². The Labute approximate surface area is 107 Å². The largest absolute Gasteiger partial charge is 0.313 e. The van der Waals surface area contributed by atoms with Crippen LogP contribution in [-0.4, -0.2) is 19.1 Å². The molecule has 0 aliphatic heterocycles. The molecule has 0 radical (unpaired) electrons. The van der Waals surface area contributed by atoms with E-state index in [2.05, 4.69) is 54.8 Å². The van der Waals surface area contributed by atoms with Crippen molar-refractivity contribution in [2.24, 2.45) is 0 Å². The van der Waals surface area contributed by atoms with E-state index in [9.17, 15) is 0 Å². The summed E-state index contributed by atoms with van der Waals surface area (Å²) in [6, 6.07) is 11.4. The highest BCUT2D eigenvalue weighted by molar-refractivity contribution is 7.19. The van der Waals surface area contributed by atoms with E-state index in [0.717, 1.165) is 19.6 Å². The number of fused-ring (bicyclic) bond motifs is 1. The van der Waals surface area contributed by atoms with Crippen molar-refractivity contribution < 1.29 is 0 Å². The molecule has 0 amide bonds. The van der Waals surface area contributed by atoms with Crippen molar-refractivity contribution in [2.75, 3.05) is 13.1 Å². The van der Waals surface area contributed by atoms with Crippen molar-refractivity contribution in [2.45, 2.75) is 26.4 Å². The zero-order valence-electron chi connectivity index (χ0n) is 10.5. The van der Waals surface area contributed by atoms with Gasteiger partial charge in [-0.25, -0.2) is 0 Å². The van der Waals surface area contributed by atoms with Gasteiger partial charge in [0, 0.05) is 35.3 Å². The van der Waals surface area contributed by atoms with E-state index in [1.165, 1.54) is 15.0 Å². The minimum absolute atomic E-state index is 0.570. The highest BCUT2D eigenvalue weighted by Crippen LogP contribution is 2.24. The first kappa shape index (κ1) is 12.6. The number of nitrogens with one attached hydrogen (secondary N) is 2. The molecule has 1 aromatic carbocycles. The van der Waals surface area contributed by atoms with Crippen LogP contribution in [0.1, 0.15) is 18.7 Å². The minimum atomic E-state index is 0.570. The van der Waals surface area contributed by atoms with Gasteiger partial charge in [-0.2, -0.15) is 0 Å². The number of thiophene rings is 1. The van der Waals surface area contributed by atoms with E-state index in [0.29, 0.717) is 6.04 Å². The van der Waals surface area contributed by atoms with E-state index in [1.807, 2.05) is 11.3 Å². The molecule has 0 atom stereocenters. The standard InChI is InChI=1S/C14H20N2S/c1-11(2)16-8-7-15-10-13-9-12-5-3-4-6-14(12)17-13/h3-6,9,11,15-16H,7-8,10H2,1-2H3. The normalized spacial score (nSPS) is 11.5. The van der Waals surface area contributed by atoms with E-state index >= 15 is 0 Å². The second-order valence-electron chi connectivity index (χ2n) is 4.54. The van der Waals surface area contributed by atoms with Crippen LogP contribution >= 0.6 is 11.3 Å². The fraction of sp³-hybridized carbons (Fsp3) is 0.429. The molecule has 2 nitrogen and oxygen atoms in total. The van der Waals surface area contributed by atoms with Crippen molar-refractivity contribution in [3.05, 3.63) is 35.2 Å². The maximum Gasteiger partial charge on any atom is 0.0346 e. The first-order valence-electron chi connectivity index (χ1n) is 6.17. The molecular weight excluding hydrogens is 228 g/mol. The van der Waals surface area contributed by atoms with Gasteiger partial charge < -0.3 is 10.6 Å². The molecule has 0 spiro atoms. The lowest BCUT2D eigenvalue weighted by Crippen LogP contribution is -2.31. The summed E-state index contributed by atoms with van der Waals surface area (Å²) in [5, 5.41) is 8.22. The maximum atomic E-state index is 3.47. The molecule has 2 aromatic rings. The van der Waals surface area contributed by atoms with E-state index in [-0.39, 0.29) is 0 Å². The number of hydrogen-bond donors (Lipinski definition) is 2. The van der Waals surface area contributed by atoms with Gasteiger partial charge in [0.2, 0.25) is 0 Å². The third-order valence-corrected chi connectivity index (χ3v) is 3.75. The summed E-state index contributed by atoms with van der Waals surface area (Å²) in [6.45, 7) is 7.37. The number of benzene rings is 1. The summed E-state index contributed by atoms with van der Waals surface area (Å²) >= 11 is 1.88. The Morgan fingerprint density at radius 3 is 2.76 bits per heavy atom. The molecule has 0 bridgehead atoms. The van der Waals surface area contributed by atoms with Crippen LogP contribution in [0.25, 0.3) is 10.1 Å². The van der Waals surface area contributed by atoms with Gasteiger partial charge in [0.15, 0.2) is 0 Å². The predicted molar refractivity (Wildman–Crippen MR) is 76.7 cm³/mol. The van der Waals surface area contributed by atoms with Crippen LogP contribution in [0.2, 0.25) is 0 Å². The summed E-state index contributed by atoms with van der Waals surface area (Å²) in [7, 11) is 0. The second kappa shape index (κ2) is 6.15. The first-order valence-corrected chi connectivity index (χ1v) is 6.99. The molecule has 0 aliphatic rings. The fourth-order valence-electron chi connectivity index (χ4n) is 1.78. The topological polar surface area (TPSA) is 24.1 Å². The summed E-state index contributed by atoms with van der Waals surface area (Å²) in [5.74, 6) is 0. The molecule has 0 aliphatic carbocycles. The average Bonchev–Trinajstić information content (AvgIpc) is 2.70. The van der Waals surface area contributed by atoms with E-state index in [1.54, 1.807) is 0 Å². The van der Waals surface area contributed by atoms with Crippen LogP contribution in [0.5, 0.6) is 0 Å². The smallest absolute Gasteiger partial charge is 0.0346 e. The van der Waals surface area contributed by atoms with Crippen molar-refractivity contribution in [1.29, 1.82) is 0 Å². The third kappa shape index (κ3) is 3.80. The van der Waals surface area contributed by atoms with Crippen molar-refractivity contribution >= 4 is 21.4 Å². The zero-order valence-corrected chi connectivity index (χ0v) is 11.3. The third-order valence-electron chi connectivity index (χ3n) is 2.63. The van der Waals surface area contributed by atoms with Gasteiger partial charge in [0.05, 0.1) is 0 Å². The summed E-state index contributed by atoms with van der Waals surface area (Å²) in [6.07, 6.45) is 0. The molecule has 2 N–H and O–H groups in total. The SMILES string of the molecule is CC(C)NCCNCc1cc2ccccc2s1. The molecule has 0 saturated heterocycles. The lowest BCUT2D eigenvalue weighted by Gasteiger charge is -2.08. The van der Waals surface area contributed by atoms with Crippen molar-refractivity contribution in [3.63, 3.8) is 0 Å². The van der Waals surface area contributed by atoms with Crippen LogP contribution < -0.4 is 10.6 Å². The Hall–Kier alpha value is -0.900. The fourth-order valence-corrected chi connectivity index (χ4v) is 2.82. The van der Waals surface area contributed by atoms with Gasteiger partial charge in [-0.05, 0) is 17.5 Å². The Kier molecular flexibility index (Phi) is 4.54. The van der Waals surface area contributed by atoms with Crippen LogP contribution in [0.15, 0.2) is 30.3 Å². The van der Waals surface area contributed by atoms with E-state index < -0.39 is 0 Å². The van der Waals surface area contributed by atoms with Gasteiger partial charge in [0.1, 0.15) is 0 Å². The quantitative estimate of drug-likeness (QED) is 0.768.